The molecule has 0 heterocycles. The van der Waals surface area contributed by atoms with Crippen LogP contribution in [-0.4, -0.2) is 114 Å². The summed E-state index contributed by atoms with van der Waals surface area (Å²) in [5.41, 5.74) is 11.0. The molecule has 0 saturated carbocycles. The Kier molecular flexibility index (Phi) is 26.9. The monoisotopic (exact) mass is 1210 g/mol. The van der Waals surface area contributed by atoms with Crippen LogP contribution in [0, 0.1) is 38.0 Å². The largest absolute Gasteiger partial charge is 0.478 e. The van der Waals surface area contributed by atoms with Gasteiger partial charge in [0.05, 0.1) is 18.6 Å². The number of primary amides is 1. The number of amides is 9. The number of benzene rings is 4. The number of hydrogen-bond donors (Lipinski definition) is 9. The van der Waals surface area contributed by atoms with Crippen molar-refractivity contribution in [1.29, 1.82) is 0 Å². The zero-order valence-corrected chi connectivity index (χ0v) is 53.9. The first kappa shape index (κ1) is 71.9. The number of anilines is 2. The molecule has 4 aromatic rings. The molecule has 0 aliphatic rings. The van der Waals surface area contributed by atoms with Crippen molar-refractivity contribution >= 4 is 64.9 Å². The fourth-order valence-corrected chi connectivity index (χ4v) is 10.2. The van der Waals surface area contributed by atoms with E-state index in [9.17, 15) is 48.3 Å². The molecule has 4 aromatic carbocycles. The molecule has 0 radical (unpaired) electrons. The van der Waals surface area contributed by atoms with Crippen molar-refractivity contribution in [3.05, 3.63) is 142 Å². The van der Waals surface area contributed by atoms with Gasteiger partial charge in [0.1, 0.15) is 24.7 Å². The number of nitrogens with zero attached hydrogens (tertiary/aromatic N) is 2. The number of carboxylic acid groups (broad SMARTS) is 1. The molecule has 9 amide bonds. The van der Waals surface area contributed by atoms with Crippen molar-refractivity contribution < 1.29 is 53.0 Å². The third-order valence-electron chi connectivity index (χ3n) is 15.7. The smallest absolute Gasteiger partial charge is 0.407 e. The molecule has 0 aromatic heterocycles. The normalized spacial score (nSPS) is 13.4. The topological polar surface area (TPSA) is 300 Å². The fourth-order valence-electron chi connectivity index (χ4n) is 10.2. The van der Waals surface area contributed by atoms with E-state index < -0.39 is 88.7 Å². The minimum absolute atomic E-state index is 0.0961. The molecule has 0 unspecified atom stereocenters. The van der Waals surface area contributed by atoms with Gasteiger partial charge in [0.2, 0.25) is 35.4 Å². The summed E-state index contributed by atoms with van der Waals surface area (Å²) in [4.78, 5) is 123. The maximum absolute atomic E-state index is 14.2. The number of carboxylic acids is 1. The number of para-hydroxylation sites is 1. The Bertz CT molecular complexity index is 3130. The summed E-state index contributed by atoms with van der Waals surface area (Å²) in [7, 11) is 3.30. The molecule has 0 bridgehead atoms. The summed E-state index contributed by atoms with van der Waals surface area (Å²) >= 11 is 0. The summed E-state index contributed by atoms with van der Waals surface area (Å²) in [6.07, 6.45) is 0.928. The first-order valence-electron chi connectivity index (χ1n) is 29.9. The molecule has 4 rings (SSSR count). The standard InChI is InChI=1S/C67H94N10O11/c1-40(2)53(36-45(8)63(84)85)76(15)62(83)58(66(9,10)11)75-61(82)57(69-14)67(12,13)49-29-28-47(44(7)35-49)37-71-65(87)88-39-46-26-30-50(31-27-46)72-59(80)51(24-20-34-70-64(68)86)73-60(81)56(41(3)4)74-54(78)32-33-55(79)77(52-25-19-17-22-43(52)6)38-48-23-18-16-21-42(48)5/h16-19,21-23,25-31,35-36,40-41,51,53,56-58,69H,20,24,32-34,37-39H2,1-15H3,(H,71,87)(H,72,80)(H,73,81)(H,74,78)(H,75,82)(H,84,85)(H3,68,70,86)/b45-36+/t51-,53-,56-,57-,58+/m0/s1. The maximum Gasteiger partial charge on any atom is 0.407 e. The maximum atomic E-state index is 14.2. The van der Waals surface area contributed by atoms with Crippen LogP contribution in [0.15, 0.2) is 103 Å². The molecule has 0 aliphatic carbocycles. The minimum Gasteiger partial charge on any atom is -0.478 e. The summed E-state index contributed by atoms with van der Waals surface area (Å²) in [5, 5.41) is 29.4. The highest BCUT2D eigenvalue weighted by Gasteiger charge is 2.42. The van der Waals surface area contributed by atoms with E-state index in [1.807, 2.05) is 136 Å². The van der Waals surface area contributed by atoms with E-state index in [4.69, 9.17) is 10.5 Å². The van der Waals surface area contributed by atoms with Crippen molar-refractivity contribution in [3.8, 4) is 0 Å². The third-order valence-corrected chi connectivity index (χ3v) is 15.7. The number of likely N-dealkylation sites (N-methyl/N-ethyl adjacent to an activating group) is 2. The average molecular weight is 1220 g/mol. The fraction of sp³-hybridized carbons (Fsp3) is 0.478. The van der Waals surface area contributed by atoms with Crippen LogP contribution >= 0.6 is 0 Å². The third kappa shape index (κ3) is 21.1. The van der Waals surface area contributed by atoms with Crippen molar-refractivity contribution in [2.75, 3.05) is 30.9 Å². The molecule has 5 atom stereocenters. The zero-order valence-electron chi connectivity index (χ0n) is 53.9. The number of carbonyl (C=O) groups is 9. The van der Waals surface area contributed by atoms with Crippen LogP contribution in [0.4, 0.5) is 21.0 Å². The Balaban J connectivity index is 1.35. The van der Waals surface area contributed by atoms with E-state index in [1.54, 1.807) is 63.2 Å². The van der Waals surface area contributed by atoms with Crippen molar-refractivity contribution in [3.63, 3.8) is 0 Å². The van der Waals surface area contributed by atoms with E-state index in [-0.39, 0.29) is 68.7 Å². The zero-order chi connectivity index (χ0) is 65.8. The molecule has 0 aliphatic heterocycles. The van der Waals surface area contributed by atoms with Crippen LogP contribution in [0.25, 0.3) is 0 Å². The van der Waals surface area contributed by atoms with Crippen LogP contribution < -0.4 is 47.9 Å². The lowest BCUT2D eigenvalue weighted by molar-refractivity contribution is -0.141. The highest BCUT2D eigenvalue weighted by molar-refractivity contribution is 5.99. The highest BCUT2D eigenvalue weighted by Crippen LogP contribution is 2.31. The van der Waals surface area contributed by atoms with Crippen molar-refractivity contribution in [2.45, 2.75) is 171 Å². The first-order chi connectivity index (χ1) is 41.3. The van der Waals surface area contributed by atoms with Crippen molar-refractivity contribution in [2.24, 2.45) is 23.0 Å². The van der Waals surface area contributed by atoms with Gasteiger partial charge in [-0.25, -0.2) is 14.4 Å². The molecule has 88 heavy (non-hydrogen) atoms. The summed E-state index contributed by atoms with van der Waals surface area (Å²) in [6.45, 7) is 24.5. The van der Waals surface area contributed by atoms with Crippen LogP contribution in [0.5, 0.6) is 0 Å². The summed E-state index contributed by atoms with van der Waals surface area (Å²) in [6, 6.07) is 22.4. The predicted molar refractivity (Wildman–Crippen MR) is 342 cm³/mol. The van der Waals surface area contributed by atoms with Crippen LogP contribution in [0.1, 0.15) is 134 Å². The number of carbonyl (C=O) groups excluding carboxylic acids is 8. The Hall–Kier alpha value is -8.59. The van der Waals surface area contributed by atoms with E-state index >= 15 is 0 Å². The van der Waals surface area contributed by atoms with Crippen LogP contribution in [0.2, 0.25) is 0 Å². The Morgan fingerprint density at radius 2 is 1.34 bits per heavy atom. The molecular weight excluding hydrogens is 1120 g/mol. The number of hydrogen-bond acceptors (Lipinski definition) is 11. The Labute approximate surface area is 519 Å². The molecule has 0 spiro atoms. The number of aliphatic carboxylic acids is 1. The number of alkyl carbamates (subject to hydrolysis) is 1. The van der Waals surface area contributed by atoms with Crippen LogP contribution in [-0.2, 0) is 63.4 Å². The van der Waals surface area contributed by atoms with Gasteiger partial charge >= 0.3 is 18.1 Å². The van der Waals surface area contributed by atoms with Gasteiger partial charge in [-0.05, 0) is 122 Å². The van der Waals surface area contributed by atoms with Gasteiger partial charge in [-0.2, -0.15) is 0 Å². The number of rotatable bonds is 30. The number of urea groups is 1. The van der Waals surface area contributed by atoms with Gasteiger partial charge in [-0.15, -0.1) is 0 Å². The Morgan fingerprint density at radius 1 is 0.705 bits per heavy atom. The number of nitrogens with one attached hydrogen (secondary N) is 7. The van der Waals surface area contributed by atoms with Gasteiger partial charge in [-0.3, -0.25) is 28.8 Å². The van der Waals surface area contributed by atoms with E-state index in [1.165, 1.54) is 11.8 Å². The average Bonchev–Trinajstić information content (AvgIpc) is 3.11. The highest BCUT2D eigenvalue weighted by atomic mass is 16.5. The lowest BCUT2D eigenvalue weighted by Crippen LogP contribution is -2.61. The quantitative estimate of drug-likeness (QED) is 0.0177. The molecule has 10 N–H and O–H groups in total. The summed E-state index contributed by atoms with van der Waals surface area (Å²) in [5.74, 6) is -4.31. The molecule has 21 nitrogen and oxygen atoms in total. The second-order valence-electron chi connectivity index (χ2n) is 24.8. The van der Waals surface area contributed by atoms with Gasteiger partial charge in [0.15, 0.2) is 0 Å². The second-order valence-corrected chi connectivity index (χ2v) is 24.8. The van der Waals surface area contributed by atoms with Gasteiger partial charge < -0.3 is 62.6 Å². The summed E-state index contributed by atoms with van der Waals surface area (Å²) < 4.78 is 5.53. The van der Waals surface area contributed by atoms with E-state index in [0.717, 1.165) is 39.1 Å². The Morgan fingerprint density at radius 3 is 1.91 bits per heavy atom. The minimum atomic E-state index is -1.11. The number of aryl methyl sites for hydroxylation is 3. The second kappa shape index (κ2) is 33.0. The van der Waals surface area contributed by atoms with E-state index in [0.29, 0.717) is 17.8 Å². The first-order valence-corrected chi connectivity index (χ1v) is 29.9. The lowest BCUT2D eigenvalue weighted by Gasteiger charge is -2.40. The van der Waals surface area contributed by atoms with Crippen molar-refractivity contribution in [1.82, 2.24) is 36.8 Å². The van der Waals surface area contributed by atoms with Gasteiger partial charge in [0.25, 0.3) is 0 Å². The van der Waals surface area contributed by atoms with Gasteiger partial charge in [-0.1, -0.05) is 141 Å². The molecule has 21 heteroatoms. The molecule has 478 valence electrons. The predicted octanol–water partition coefficient (Wildman–Crippen LogP) is 7.97. The molecule has 0 saturated heterocycles. The molecular formula is C67H94N10O11. The van der Waals surface area contributed by atoms with Crippen LogP contribution in [0.3, 0.4) is 0 Å². The van der Waals surface area contributed by atoms with Gasteiger partial charge in [0, 0.05) is 55.3 Å². The lowest BCUT2D eigenvalue weighted by atomic mass is 9.76. The van der Waals surface area contributed by atoms with E-state index in [2.05, 4.69) is 37.2 Å². The number of nitrogens with two attached hydrogens (primary N) is 1. The SMILES string of the molecule is CN[C@@H](C(=O)N[C@H](C(=O)N(C)[C@@H](/C=C(\C)C(=O)O)C(C)C)C(C)(C)C)C(C)(C)c1ccc(CNC(=O)OCc2ccc(NC(=O)[C@H](CCCNC(N)=O)NC(=O)[C@@H](NC(=O)CCC(=O)N(Cc3ccccc3C)c3ccccc3C)C(C)C)cc2)c(C)c1. The number of ether oxygens (including phenoxy) is 1. The molecule has 0 fully saturated rings.